The van der Waals surface area contributed by atoms with Crippen molar-refractivity contribution in [1.82, 2.24) is 14.8 Å². The minimum atomic E-state index is 0.877. The Bertz CT molecular complexity index is 490. The summed E-state index contributed by atoms with van der Waals surface area (Å²) in [5.41, 5.74) is 1.39. The maximum Gasteiger partial charge on any atom is 0.224 e. The van der Waals surface area contributed by atoms with Crippen molar-refractivity contribution in [2.24, 2.45) is 0 Å². The topological polar surface area (TPSA) is 42.7 Å². The van der Waals surface area contributed by atoms with E-state index in [1.165, 1.54) is 5.56 Å². The van der Waals surface area contributed by atoms with E-state index in [0.717, 1.165) is 44.1 Å². The van der Waals surface area contributed by atoms with Gasteiger partial charge in [0, 0.05) is 19.5 Å². The molecular weight excluding hydrogens is 236 g/mol. The molecule has 0 saturated carbocycles. The van der Waals surface area contributed by atoms with Crippen LogP contribution < -0.4 is 5.32 Å². The number of aromatic nitrogens is 3. The summed E-state index contributed by atoms with van der Waals surface area (Å²) >= 11 is 0. The largest absolute Gasteiger partial charge is 0.355 e. The van der Waals surface area contributed by atoms with Crippen molar-refractivity contribution in [1.29, 1.82) is 0 Å². The van der Waals surface area contributed by atoms with Gasteiger partial charge in [0.1, 0.15) is 5.82 Å². The molecule has 0 radical (unpaired) electrons. The van der Waals surface area contributed by atoms with Gasteiger partial charge in [-0.2, -0.15) is 0 Å². The van der Waals surface area contributed by atoms with Gasteiger partial charge in [0.05, 0.1) is 0 Å². The highest BCUT2D eigenvalue weighted by Gasteiger charge is 2.09. The molecule has 1 aromatic carbocycles. The van der Waals surface area contributed by atoms with Crippen molar-refractivity contribution in [2.75, 3.05) is 11.9 Å². The van der Waals surface area contributed by atoms with Crippen LogP contribution in [0.5, 0.6) is 0 Å². The van der Waals surface area contributed by atoms with Crippen molar-refractivity contribution < 1.29 is 0 Å². The Balaban J connectivity index is 1.92. The molecule has 102 valence electrons. The first-order valence-corrected chi connectivity index (χ1v) is 7.05. The first-order chi connectivity index (χ1) is 9.35. The van der Waals surface area contributed by atoms with Gasteiger partial charge in [-0.05, 0) is 32.3 Å². The second-order valence-electron chi connectivity index (χ2n) is 4.55. The van der Waals surface area contributed by atoms with Crippen molar-refractivity contribution in [3.8, 4) is 0 Å². The van der Waals surface area contributed by atoms with Crippen LogP contribution in [0.4, 0.5) is 5.95 Å². The zero-order chi connectivity index (χ0) is 13.5. The highest BCUT2D eigenvalue weighted by molar-refractivity contribution is 5.25. The zero-order valence-electron chi connectivity index (χ0n) is 11.8. The predicted molar refractivity (Wildman–Crippen MR) is 78.3 cm³/mol. The molecule has 19 heavy (non-hydrogen) atoms. The van der Waals surface area contributed by atoms with Crippen LogP contribution >= 0.6 is 0 Å². The first kappa shape index (κ1) is 13.6. The van der Waals surface area contributed by atoms with Gasteiger partial charge in [-0.25, -0.2) is 0 Å². The third kappa shape index (κ3) is 3.56. The molecule has 2 rings (SSSR count). The third-order valence-corrected chi connectivity index (χ3v) is 3.19. The fourth-order valence-electron chi connectivity index (χ4n) is 2.24. The molecule has 0 aliphatic heterocycles. The minimum absolute atomic E-state index is 0.877. The maximum atomic E-state index is 4.29. The molecule has 0 aliphatic rings. The van der Waals surface area contributed by atoms with Crippen molar-refractivity contribution in [3.63, 3.8) is 0 Å². The molecule has 0 bridgehead atoms. The molecule has 2 aromatic rings. The fourth-order valence-corrected chi connectivity index (χ4v) is 2.24. The molecule has 0 saturated heterocycles. The summed E-state index contributed by atoms with van der Waals surface area (Å²) in [6.45, 7) is 5.99. The minimum Gasteiger partial charge on any atom is -0.355 e. The van der Waals surface area contributed by atoms with Gasteiger partial charge in [-0.3, -0.25) is 4.57 Å². The highest BCUT2D eigenvalue weighted by Crippen LogP contribution is 2.11. The van der Waals surface area contributed by atoms with E-state index in [1.807, 2.05) is 0 Å². The Kier molecular flexibility index (Phi) is 4.95. The standard InChI is InChI=1S/C15H22N4/c1-3-16-15-18-17-14(19(15)4-2)12-8-11-13-9-6-5-7-10-13/h5-7,9-10H,3-4,8,11-12H2,1-2H3,(H,16,18). The molecule has 0 atom stereocenters. The van der Waals surface area contributed by atoms with E-state index in [2.05, 4.69) is 64.3 Å². The lowest BCUT2D eigenvalue weighted by Crippen LogP contribution is -2.08. The number of anilines is 1. The summed E-state index contributed by atoms with van der Waals surface area (Å²) < 4.78 is 2.16. The number of aryl methyl sites for hydroxylation is 2. The molecule has 1 N–H and O–H groups in total. The summed E-state index contributed by atoms with van der Waals surface area (Å²) in [7, 11) is 0. The number of rotatable bonds is 7. The lowest BCUT2D eigenvalue weighted by atomic mass is 10.1. The van der Waals surface area contributed by atoms with Gasteiger partial charge in [0.15, 0.2) is 0 Å². The summed E-state index contributed by atoms with van der Waals surface area (Å²) in [5, 5.41) is 11.7. The number of benzene rings is 1. The quantitative estimate of drug-likeness (QED) is 0.830. The SMILES string of the molecule is CCNc1nnc(CCCc2ccccc2)n1CC. The Morgan fingerprint density at radius 2 is 1.84 bits per heavy atom. The molecule has 0 unspecified atom stereocenters. The number of nitrogens with one attached hydrogen (secondary N) is 1. The highest BCUT2D eigenvalue weighted by atomic mass is 15.3. The molecule has 4 nitrogen and oxygen atoms in total. The van der Waals surface area contributed by atoms with Crippen LogP contribution in [0.1, 0.15) is 31.7 Å². The zero-order valence-corrected chi connectivity index (χ0v) is 11.8. The molecule has 4 heteroatoms. The van der Waals surface area contributed by atoms with Gasteiger partial charge in [-0.15, -0.1) is 10.2 Å². The molecule has 0 spiro atoms. The monoisotopic (exact) mass is 258 g/mol. The first-order valence-electron chi connectivity index (χ1n) is 7.05. The summed E-state index contributed by atoms with van der Waals surface area (Å²) in [6, 6.07) is 10.6. The Hall–Kier alpha value is -1.84. The number of hydrogen-bond donors (Lipinski definition) is 1. The molecule has 1 heterocycles. The smallest absolute Gasteiger partial charge is 0.224 e. The fraction of sp³-hybridized carbons (Fsp3) is 0.467. The average Bonchev–Trinajstić information content (AvgIpc) is 2.83. The summed E-state index contributed by atoms with van der Waals surface area (Å²) in [5.74, 6) is 1.97. The number of nitrogens with zero attached hydrogens (tertiary/aromatic N) is 3. The van der Waals surface area contributed by atoms with E-state index < -0.39 is 0 Å². The summed E-state index contributed by atoms with van der Waals surface area (Å²) in [6.07, 6.45) is 3.17. The van der Waals surface area contributed by atoms with E-state index in [1.54, 1.807) is 0 Å². The maximum absolute atomic E-state index is 4.29. The van der Waals surface area contributed by atoms with Crippen LogP contribution in [0.3, 0.4) is 0 Å². The molecule has 0 aliphatic carbocycles. The molecule has 0 fully saturated rings. The van der Waals surface area contributed by atoms with E-state index in [0.29, 0.717) is 0 Å². The predicted octanol–water partition coefficient (Wildman–Crippen LogP) is 2.91. The van der Waals surface area contributed by atoms with Gasteiger partial charge < -0.3 is 5.32 Å². The van der Waals surface area contributed by atoms with Gasteiger partial charge in [0.2, 0.25) is 5.95 Å². The van der Waals surface area contributed by atoms with Gasteiger partial charge >= 0.3 is 0 Å². The van der Waals surface area contributed by atoms with Gasteiger partial charge in [-0.1, -0.05) is 30.3 Å². The van der Waals surface area contributed by atoms with Crippen LogP contribution in [0.25, 0.3) is 0 Å². The lowest BCUT2D eigenvalue weighted by Gasteiger charge is -2.07. The number of hydrogen-bond acceptors (Lipinski definition) is 3. The van der Waals surface area contributed by atoms with Crippen LogP contribution in [0.2, 0.25) is 0 Å². The molecule has 1 aromatic heterocycles. The summed E-state index contributed by atoms with van der Waals surface area (Å²) in [4.78, 5) is 0. The average molecular weight is 258 g/mol. The van der Waals surface area contributed by atoms with Crippen molar-refractivity contribution in [3.05, 3.63) is 41.7 Å². The molecule has 0 amide bonds. The van der Waals surface area contributed by atoms with E-state index in [-0.39, 0.29) is 0 Å². The van der Waals surface area contributed by atoms with Crippen LogP contribution in [-0.4, -0.2) is 21.3 Å². The lowest BCUT2D eigenvalue weighted by molar-refractivity contribution is 0.671. The second-order valence-corrected chi connectivity index (χ2v) is 4.55. The van der Waals surface area contributed by atoms with E-state index in [9.17, 15) is 0 Å². The van der Waals surface area contributed by atoms with E-state index in [4.69, 9.17) is 0 Å². The van der Waals surface area contributed by atoms with Crippen LogP contribution in [-0.2, 0) is 19.4 Å². The Morgan fingerprint density at radius 3 is 2.53 bits per heavy atom. The third-order valence-electron chi connectivity index (χ3n) is 3.19. The van der Waals surface area contributed by atoms with Gasteiger partial charge in [0.25, 0.3) is 0 Å². The second kappa shape index (κ2) is 6.92. The van der Waals surface area contributed by atoms with E-state index >= 15 is 0 Å². The van der Waals surface area contributed by atoms with Crippen LogP contribution in [0, 0.1) is 0 Å². The normalized spacial score (nSPS) is 10.6. The van der Waals surface area contributed by atoms with Crippen LogP contribution in [0.15, 0.2) is 30.3 Å². The Morgan fingerprint density at radius 1 is 1.05 bits per heavy atom. The Labute approximate surface area is 114 Å². The van der Waals surface area contributed by atoms with Crippen molar-refractivity contribution >= 4 is 5.95 Å². The van der Waals surface area contributed by atoms with Crippen molar-refractivity contribution in [2.45, 2.75) is 39.7 Å². The molecular formula is C15H22N4.